The number of hydrogen-bond acceptors (Lipinski definition) is 3. The first-order valence-electron chi connectivity index (χ1n) is 14.8. The van der Waals surface area contributed by atoms with Crippen molar-refractivity contribution in [2.24, 2.45) is 5.92 Å². The van der Waals surface area contributed by atoms with Crippen LogP contribution in [0.3, 0.4) is 0 Å². The van der Waals surface area contributed by atoms with E-state index in [1.54, 1.807) is 13.8 Å². The molecule has 0 saturated carbocycles. The van der Waals surface area contributed by atoms with Crippen molar-refractivity contribution in [1.29, 1.82) is 0 Å². The van der Waals surface area contributed by atoms with E-state index in [1.165, 1.54) is 95.6 Å². The Hall–Kier alpha value is -2.05. The number of ether oxygens (including phenoxy) is 1. The van der Waals surface area contributed by atoms with Crippen molar-refractivity contribution < 1.29 is 27.5 Å². The summed E-state index contributed by atoms with van der Waals surface area (Å²) < 4.78 is 44.2. The molecule has 0 radical (unpaired) electrons. The molecule has 38 heavy (non-hydrogen) atoms. The predicted molar refractivity (Wildman–Crippen MR) is 148 cm³/mol. The zero-order chi connectivity index (χ0) is 28.2. The fourth-order valence-corrected chi connectivity index (χ4v) is 4.47. The number of amides is 1. The Morgan fingerprint density at radius 3 is 1.71 bits per heavy atom. The second-order valence-corrected chi connectivity index (χ2v) is 10.7. The van der Waals surface area contributed by atoms with Gasteiger partial charge in [-0.15, -0.1) is 0 Å². The van der Waals surface area contributed by atoms with E-state index in [1.807, 2.05) is 0 Å². The fourth-order valence-electron chi connectivity index (χ4n) is 4.47. The van der Waals surface area contributed by atoms with Crippen LogP contribution >= 0.6 is 0 Å². The maximum absolute atomic E-state index is 12.9. The highest BCUT2D eigenvalue weighted by Crippen LogP contribution is 2.29. The third-order valence-corrected chi connectivity index (χ3v) is 6.90. The van der Waals surface area contributed by atoms with Crippen LogP contribution in [0.2, 0.25) is 0 Å². The number of carbonyl (C=O) groups is 2. The molecule has 0 fully saturated rings. The minimum Gasteiger partial charge on any atom is -0.464 e. The second-order valence-electron chi connectivity index (χ2n) is 10.7. The van der Waals surface area contributed by atoms with Crippen molar-refractivity contribution in [2.75, 3.05) is 6.61 Å². The van der Waals surface area contributed by atoms with E-state index in [2.05, 4.69) is 12.2 Å². The molecule has 218 valence electrons. The standard InChI is InChI=1S/C31H50F3NO3/c1-4-5-6-7-8-9-10-11-12-13-14-15-16-17-18-19-23-38-30(37)28(25(2)3)35-29(36)26-21-20-22-27(24-26)31(32,33)34/h20-22,24-25,28H,4-19,23H2,1-3H3,(H,35,36). The molecule has 1 unspecified atom stereocenters. The van der Waals surface area contributed by atoms with Crippen molar-refractivity contribution in [3.05, 3.63) is 35.4 Å². The van der Waals surface area contributed by atoms with Gasteiger partial charge in [-0.3, -0.25) is 4.79 Å². The highest BCUT2D eigenvalue weighted by atomic mass is 19.4. The lowest BCUT2D eigenvalue weighted by Crippen LogP contribution is -2.45. The minimum atomic E-state index is -4.54. The first-order chi connectivity index (χ1) is 18.2. The van der Waals surface area contributed by atoms with Crippen molar-refractivity contribution in [2.45, 2.75) is 136 Å². The molecule has 0 aliphatic rings. The van der Waals surface area contributed by atoms with Gasteiger partial charge in [-0.2, -0.15) is 13.2 Å². The van der Waals surface area contributed by atoms with Gasteiger partial charge in [0, 0.05) is 5.56 Å². The average Bonchev–Trinajstić information content (AvgIpc) is 2.88. The summed E-state index contributed by atoms with van der Waals surface area (Å²) in [6.45, 7) is 6.05. The van der Waals surface area contributed by atoms with E-state index < -0.39 is 29.7 Å². The summed E-state index contributed by atoms with van der Waals surface area (Å²) in [5.74, 6) is -1.54. The molecule has 1 rings (SSSR count). The second kappa shape index (κ2) is 19.9. The first-order valence-corrected chi connectivity index (χ1v) is 14.8. The smallest absolute Gasteiger partial charge is 0.416 e. The fraction of sp³-hybridized carbons (Fsp3) is 0.742. The number of rotatable bonds is 21. The molecule has 1 aromatic carbocycles. The number of nitrogens with one attached hydrogen (secondary N) is 1. The van der Waals surface area contributed by atoms with Gasteiger partial charge in [0.15, 0.2) is 0 Å². The SMILES string of the molecule is CCCCCCCCCCCCCCCCCCOC(=O)C(NC(=O)c1cccc(C(F)(F)F)c1)C(C)C. The van der Waals surface area contributed by atoms with E-state index in [4.69, 9.17) is 4.74 Å². The number of benzene rings is 1. The van der Waals surface area contributed by atoms with Gasteiger partial charge in [0.1, 0.15) is 6.04 Å². The molecule has 7 heteroatoms. The Morgan fingerprint density at radius 2 is 1.26 bits per heavy atom. The number of unbranched alkanes of at least 4 members (excludes halogenated alkanes) is 15. The van der Waals surface area contributed by atoms with Crippen LogP contribution in [-0.2, 0) is 15.7 Å². The summed E-state index contributed by atoms with van der Waals surface area (Å²) in [5, 5.41) is 2.54. The number of halogens is 3. The van der Waals surface area contributed by atoms with Crippen LogP contribution in [0, 0.1) is 5.92 Å². The highest BCUT2D eigenvalue weighted by Gasteiger charge is 2.32. The zero-order valence-electron chi connectivity index (χ0n) is 23.8. The third kappa shape index (κ3) is 15.4. The van der Waals surface area contributed by atoms with Crippen LogP contribution < -0.4 is 5.32 Å². The summed E-state index contributed by atoms with van der Waals surface area (Å²) in [5.41, 5.74) is -1.05. The molecular weight excluding hydrogens is 491 g/mol. The number of hydrogen-bond donors (Lipinski definition) is 1. The van der Waals surface area contributed by atoms with Gasteiger partial charge in [0.2, 0.25) is 0 Å². The minimum absolute atomic E-state index is 0.143. The van der Waals surface area contributed by atoms with E-state index >= 15 is 0 Å². The molecule has 0 aliphatic carbocycles. The summed E-state index contributed by atoms with van der Waals surface area (Å²) >= 11 is 0. The molecule has 0 bridgehead atoms. The summed E-state index contributed by atoms with van der Waals surface area (Å²) in [4.78, 5) is 25.0. The maximum Gasteiger partial charge on any atom is 0.416 e. The molecule has 0 spiro atoms. The Kier molecular flexibility index (Phi) is 17.8. The van der Waals surface area contributed by atoms with Gasteiger partial charge >= 0.3 is 12.1 Å². The van der Waals surface area contributed by atoms with Crippen molar-refractivity contribution in [3.8, 4) is 0 Å². The molecule has 4 nitrogen and oxygen atoms in total. The van der Waals surface area contributed by atoms with Gasteiger partial charge in [0.05, 0.1) is 12.2 Å². The molecular formula is C31H50F3NO3. The average molecular weight is 542 g/mol. The Bertz CT molecular complexity index is 780. The summed E-state index contributed by atoms with van der Waals surface area (Å²) in [7, 11) is 0. The van der Waals surface area contributed by atoms with Crippen LogP contribution in [0.4, 0.5) is 13.2 Å². The lowest BCUT2D eigenvalue weighted by Gasteiger charge is -2.21. The predicted octanol–water partition coefficient (Wildman–Crippen LogP) is 9.26. The summed E-state index contributed by atoms with van der Waals surface area (Å²) in [6.07, 6.45) is 15.6. The molecule has 0 heterocycles. The number of esters is 1. The van der Waals surface area contributed by atoms with Crippen LogP contribution in [0.5, 0.6) is 0 Å². The van der Waals surface area contributed by atoms with Crippen molar-refractivity contribution in [1.82, 2.24) is 5.32 Å². The Morgan fingerprint density at radius 1 is 0.789 bits per heavy atom. The molecule has 0 saturated heterocycles. The van der Waals surface area contributed by atoms with E-state index in [0.717, 1.165) is 31.4 Å². The highest BCUT2D eigenvalue weighted by molar-refractivity contribution is 5.97. The molecule has 0 aliphatic heterocycles. The normalized spacial score (nSPS) is 12.5. The summed E-state index contributed by atoms with van der Waals surface area (Å²) in [6, 6.07) is 3.25. The van der Waals surface area contributed by atoms with Crippen LogP contribution in [0.1, 0.15) is 139 Å². The van der Waals surface area contributed by atoms with Gasteiger partial charge in [-0.25, -0.2) is 4.79 Å². The number of carbonyl (C=O) groups excluding carboxylic acids is 2. The molecule has 0 aromatic heterocycles. The molecule has 1 atom stereocenters. The Labute approximate surface area is 228 Å². The number of alkyl halides is 3. The van der Waals surface area contributed by atoms with Gasteiger partial charge in [0.25, 0.3) is 5.91 Å². The quantitative estimate of drug-likeness (QED) is 0.125. The monoisotopic (exact) mass is 541 g/mol. The van der Waals surface area contributed by atoms with Crippen molar-refractivity contribution in [3.63, 3.8) is 0 Å². The largest absolute Gasteiger partial charge is 0.464 e. The van der Waals surface area contributed by atoms with Crippen LogP contribution in [0.25, 0.3) is 0 Å². The van der Waals surface area contributed by atoms with Crippen LogP contribution in [-0.4, -0.2) is 24.5 Å². The lowest BCUT2D eigenvalue weighted by atomic mass is 10.0. The maximum atomic E-state index is 12.9. The van der Waals surface area contributed by atoms with Crippen molar-refractivity contribution >= 4 is 11.9 Å². The van der Waals surface area contributed by atoms with Gasteiger partial charge in [-0.1, -0.05) is 123 Å². The van der Waals surface area contributed by atoms with E-state index in [9.17, 15) is 22.8 Å². The molecule has 1 N–H and O–H groups in total. The topological polar surface area (TPSA) is 55.4 Å². The zero-order valence-corrected chi connectivity index (χ0v) is 23.8. The van der Waals surface area contributed by atoms with E-state index in [-0.39, 0.29) is 18.1 Å². The third-order valence-electron chi connectivity index (χ3n) is 6.90. The molecule has 1 amide bonds. The Balaban J connectivity index is 2.14. The van der Waals surface area contributed by atoms with E-state index in [0.29, 0.717) is 0 Å². The first kappa shape index (κ1) is 34.0. The molecule has 1 aromatic rings. The van der Waals surface area contributed by atoms with Gasteiger partial charge in [-0.05, 0) is 30.5 Å². The van der Waals surface area contributed by atoms with Crippen LogP contribution in [0.15, 0.2) is 24.3 Å². The van der Waals surface area contributed by atoms with Gasteiger partial charge < -0.3 is 10.1 Å². The lowest BCUT2D eigenvalue weighted by molar-refractivity contribution is -0.147.